The van der Waals surface area contributed by atoms with Gasteiger partial charge in [0.15, 0.2) is 9.84 Å². The lowest BCUT2D eigenvalue weighted by Crippen LogP contribution is -2.27. The van der Waals surface area contributed by atoms with Crippen LogP contribution >= 0.6 is 15.9 Å². The molecule has 2 atom stereocenters. The van der Waals surface area contributed by atoms with Crippen LogP contribution in [0.1, 0.15) is 20.8 Å². The number of hydrogen-bond acceptors (Lipinski definition) is 3. The Hall–Kier alpha value is -1.07. The van der Waals surface area contributed by atoms with Crippen molar-refractivity contribution in [3.63, 3.8) is 0 Å². The van der Waals surface area contributed by atoms with E-state index in [2.05, 4.69) is 27.8 Å². The highest BCUT2D eigenvalue weighted by molar-refractivity contribution is 9.10. The largest absolute Gasteiger partial charge is 0.391 e. The molecule has 0 radical (unpaired) electrons. The summed E-state index contributed by atoms with van der Waals surface area (Å²) in [6.45, 7) is 10.3. The Labute approximate surface area is 136 Å². The Morgan fingerprint density at radius 2 is 1.95 bits per heavy atom. The first-order chi connectivity index (χ1) is 9.80. The maximum absolute atomic E-state index is 12.7. The predicted molar refractivity (Wildman–Crippen MR) is 91.9 cm³/mol. The summed E-state index contributed by atoms with van der Waals surface area (Å²) in [7, 11) is -3.40. The number of sulfone groups is 1. The number of allylic oxidation sites excluding steroid dienone is 2. The van der Waals surface area contributed by atoms with Crippen LogP contribution in [0.5, 0.6) is 0 Å². The smallest absolute Gasteiger partial charge is 0.181 e. The van der Waals surface area contributed by atoms with Gasteiger partial charge in [-0.05, 0) is 51.2 Å². The van der Waals surface area contributed by atoms with E-state index in [-0.39, 0.29) is 5.92 Å². The van der Waals surface area contributed by atoms with E-state index in [1.807, 2.05) is 19.9 Å². The SMILES string of the molecule is C=C(C)C(/C=C/NCC)C(C)S(=O)(=O)c1ccc(Br)cc1. The summed E-state index contributed by atoms with van der Waals surface area (Å²) in [6.07, 6.45) is 3.67. The molecule has 1 aromatic carbocycles. The van der Waals surface area contributed by atoms with Gasteiger partial charge in [-0.2, -0.15) is 0 Å². The Morgan fingerprint density at radius 1 is 1.38 bits per heavy atom. The summed E-state index contributed by atoms with van der Waals surface area (Å²) < 4.78 is 26.3. The average molecular weight is 372 g/mol. The normalized spacial score (nSPS) is 14.9. The molecule has 0 aliphatic heterocycles. The van der Waals surface area contributed by atoms with Crippen LogP contribution < -0.4 is 5.32 Å². The quantitative estimate of drug-likeness (QED) is 0.738. The molecule has 0 spiro atoms. The average Bonchev–Trinajstić information content (AvgIpc) is 2.43. The van der Waals surface area contributed by atoms with Crippen molar-refractivity contribution in [1.29, 1.82) is 0 Å². The van der Waals surface area contributed by atoms with Crippen molar-refractivity contribution in [2.75, 3.05) is 6.54 Å². The molecule has 0 saturated heterocycles. The maximum atomic E-state index is 12.7. The third-order valence-corrected chi connectivity index (χ3v) is 6.06. The predicted octanol–water partition coefficient (Wildman–Crippen LogP) is 3.93. The van der Waals surface area contributed by atoms with Crippen LogP contribution in [0.25, 0.3) is 0 Å². The van der Waals surface area contributed by atoms with Crippen LogP contribution in [0.2, 0.25) is 0 Å². The van der Waals surface area contributed by atoms with Crippen molar-refractivity contribution < 1.29 is 8.42 Å². The molecule has 1 N–H and O–H groups in total. The van der Waals surface area contributed by atoms with E-state index >= 15 is 0 Å². The molecule has 0 bridgehead atoms. The summed E-state index contributed by atoms with van der Waals surface area (Å²) in [5.41, 5.74) is 0.831. The van der Waals surface area contributed by atoms with Crippen LogP contribution in [0.15, 0.2) is 58.1 Å². The molecule has 1 rings (SSSR count). The summed E-state index contributed by atoms with van der Waals surface area (Å²) in [6, 6.07) is 6.73. The van der Waals surface area contributed by atoms with Crippen LogP contribution in [0.3, 0.4) is 0 Å². The van der Waals surface area contributed by atoms with E-state index in [0.29, 0.717) is 4.90 Å². The van der Waals surface area contributed by atoms with Crippen molar-refractivity contribution in [2.45, 2.75) is 30.9 Å². The lowest BCUT2D eigenvalue weighted by Gasteiger charge is -2.21. The van der Waals surface area contributed by atoms with Crippen LogP contribution in [0, 0.1) is 5.92 Å². The molecule has 0 heterocycles. The first kappa shape index (κ1) is 18.0. The number of hydrogen-bond donors (Lipinski definition) is 1. The highest BCUT2D eigenvalue weighted by Crippen LogP contribution is 2.27. The zero-order valence-electron chi connectivity index (χ0n) is 12.6. The number of rotatable bonds is 7. The fourth-order valence-corrected chi connectivity index (χ4v) is 3.96. The summed E-state index contributed by atoms with van der Waals surface area (Å²) >= 11 is 3.32. The van der Waals surface area contributed by atoms with Crippen molar-refractivity contribution >= 4 is 25.8 Å². The summed E-state index contributed by atoms with van der Waals surface area (Å²) in [4.78, 5) is 0.335. The minimum atomic E-state index is -3.40. The zero-order valence-corrected chi connectivity index (χ0v) is 15.0. The molecular weight excluding hydrogens is 350 g/mol. The van der Waals surface area contributed by atoms with Gasteiger partial charge in [0.2, 0.25) is 0 Å². The molecule has 1 aromatic rings. The fourth-order valence-electron chi connectivity index (χ4n) is 2.04. The summed E-state index contributed by atoms with van der Waals surface area (Å²) in [5.74, 6) is -0.224. The highest BCUT2D eigenvalue weighted by Gasteiger charge is 2.29. The first-order valence-corrected chi connectivity index (χ1v) is 9.19. The molecular formula is C16H22BrNO2S. The Bertz CT molecular complexity index is 606. The standard InChI is InChI=1S/C16H22BrNO2S/c1-5-18-11-10-16(12(2)3)13(4)21(19,20)15-8-6-14(17)7-9-15/h6-11,13,16,18H,2,5H2,1,3-4H3/b11-10+. The Morgan fingerprint density at radius 3 is 2.43 bits per heavy atom. The van der Waals surface area contributed by atoms with Crippen molar-refractivity contribution in [3.8, 4) is 0 Å². The zero-order chi connectivity index (χ0) is 16.0. The second kappa shape index (κ2) is 7.80. The van der Waals surface area contributed by atoms with Crippen LogP contribution in [-0.2, 0) is 9.84 Å². The van der Waals surface area contributed by atoms with Crippen molar-refractivity contribution in [3.05, 3.63) is 53.2 Å². The monoisotopic (exact) mass is 371 g/mol. The second-order valence-electron chi connectivity index (χ2n) is 4.99. The third-order valence-electron chi connectivity index (χ3n) is 3.33. The van der Waals surface area contributed by atoms with Gasteiger partial charge in [-0.25, -0.2) is 8.42 Å². The molecule has 116 valence electrons. The van der Waals surface area contributed by atoms with E-state index in [1.54, 1.807) is 37.4 Å². The van der Waals surface area contributed by atoms with E-state index in [1.165, 1.54) is 0 Å². The van der Waals surface area contributed by atoms with Crippen molar-refractivity contribution in [2.24, 2.45) is 5.92 Å². The number of benzene rings is 1. The van der Waals surface area contributed by atoms with Gasteiger partial charge < -0.3 is 5.32 Å². The molecule has 0 aliphatic rings. The first-order valence-electron chi connectivity index (χ1n) is 6.85. The van der Waals surface area contributed by atoms with Crippen LogP contribution in [-0.4, -0.2) is 20.2 Å². The molecule has 5 heteroatoms. The van der Waals surface area contributed by atoms with Gasteiger partial charge in [0, 0.05) is 16.9 Å². The molecule has 0 fully saturated rings. The molecule has 2 unspecified atom stereocenters. The van der Waals surface area contributed by atoms with Gasteiger partial charge >= 0.3 is 0 Å². The number of nitrogens with one attached hydrogen (secondary N) is 1. The summed E-state index contributed by atoms with van der Waals surface area (Å²) in [5, 5.41) is 2.50. The van der Waals surface area contributed by atoms with Gasteiger partial charge in [-0.1, -0.05) is 34.2 Å². The van der Waals surface area contributed by atoms with E-state index in [9.17, 15) is 8.42 Å². The van der Waals surface area contributed by atoms with Crippen molar-refractivity contribution in [1.82, 2.24) is 5.32 Å². The van der Waals surface area contributed by atoms with Gasteiger partial charge in [0.05, 0.1) is 10.1 Å². The lowest BCUT2D eigenvalue weighted by molar-refractivity contribution is 0.567. The minimum absolute atomic E-state index is 0.224. The van der Waals surface area contributed by atoms with Gasteiger partial charge in [0.25, 0.3) is 0 Å². The molecule has 0 aromatic heterocycles. The van der Waals surface area contributed by atoms with E-state index in [0.717, 1.165) is 16.6 Å². The minimum Gasteiger partial charge on any atom is -0.391 e. The molecule has 0 saturated carbocycles. The maximum Gasteiger partial charge on any atom is 0.181 e. The van der Waals surface area contributed by atoms with Gasteiger partial charge in [-0.3, -0.25) is 0 Å². The van der Waals surface area contributed by atoms with E-state index in [4.69, 9.17) is 0 Å². The van der Waals surface area contributed by atoms with Gasteiger partial charge in [-0.15, -0.1) is 0 Å². The number of halogens is 1. The fraction of sp³-hybridized carbons (Fsp3) is 0.375. The third kappa shape index (κ3) is 4.71. The second-order valence-corrected chi connectivity index (χ2v) is 8.21. The van der Waals surface area contributed by atoms with E-state index < -0.39 is 15.1 Å². The molecule has 3 nitrogen and oxygen atoms in total. The lowest BCUT2D eigenvalue weighted by atomic mass is 9.99. The Balaban J connectivity index is 3.09. The molecule has 0 aliphatic carbocycles. The Kier molecular flexibility index (Phi) is 6.68. The van der Waals surface area contributed by atoms with Gasteiger partial charge in [0.1, 0.15) is 0 Å². The molecule has 0 amide bonds. The topological polar surface area (TPSA) is 46.2 Å². The molecule has 21 heavy (non-hydrogen) atoms. The van der Waals surface area contributed by atoms with Crippen LogP contribution in [0.4, 0.5) is 0 Å². The highest BCUT2D eigenvalue weighted by atomic mass is 79.9.